The van der Waals surface area contributed by atoms with E-state index in [-0.39, 0.29) is 13.2 Å². The smallest absolute Gasteiger partial charge is 0.343 e. The zero-order chi connectivity index (χ0) is 36.2. The van der Waals surface area contributed by atoms with Gasteiger partial charge >= 0.3 is 23.9 Å². The van der Waals surface area contributed by atoms with Gasteiger partial charge in [0, 0.05) is 25.0 Å². The molecule has 10 heteroatoms. The van der Waals surface area contributed by atoms with E-state index in [2.05, 4.69) is 13.2 Å². The van der Waals surface area contributed by atoms with Gasteiger partial charge in [-0.15, -0.1) is 0 Å². The van der Waals surface area contributed by atoms with Gasteiger partial charge in [-0.1, -0.05) is 37.4 Å². The summed E-state index contributed by atoms with van der Waals surface area (Å²) in [6.45, 7) is 9.70. The van der Waals surface area contributed by atoms with Crippen molar-refractivity contribution in [2.45, 2.75) is 19.8 Å². The van der Waals surface area contributed by atoms with Crippen LogP contribution in [0.15, 0.2) is 116 Å². The summed E-state index contributed by atoms with van der Waals surface area (Å²) in [4.78, 5) is 48.3. The summed E-state index contributed by atoms with van der Waals surface area (Å²) < 4.78 is 32.7. The number of hydrogen-bond acceptors (Lipinski definition) is 10. The van der Waals surface area contributed by atoms with Crippen molar-refractivity contribution < 1.29 is 47.6 Å². The zero-order valence-corrected chi connectivity index (χ0v) is 28.1. The molecule has 5 rings (SSSR count). The molecule has 0 radical (unpaired) electrons. The second-order valence-electron chi connectivity index (χ2n) is 11.3. The summed E-state index contributed by atoms with van der Waals surface area (Å²) in [7, 11) is 0. The minimum absolute atomic E-state index is 0.240. The van der Waals surface area contributed by atoms with E-state index in [1.54, 1.807) is 61.5 Å². The standard InChI is InChI=1S/C41H36O10/c1-4-38(42)48-20-6-18-46-34-14-12-28-23-32(10-8-30(28)25-34)40(44)50-36-16-17-37(27(3)22-36)51-41(45)33-11-9-31-26-35(15-13-29(31)24-33)47-19-7-21-49-39(43)5-2/h4-5,8-17,22-26H,1-2,6-7,18-21H2,3H3. The van der Waals surface area contributed by atoms with Crippen molar-refractivity contribution in [3.05, 3.63) is 133 Å². The highest BCUT2D eigenvalue weighted by Gasteiger charge is 2.15. The molecular formula is C41H36O10. The average molecular weight is 689 g/mol. The third-order valence-corrected chi connectivity index (χ3v) is 7.59. The van der Waals surface area contributed by atoms with Crippen LogP contribution in [0.4, 0.5) is 0 Å². The molecule has 0 saturated carbocycles. The molecule has 0 unspecified atom stereocenters. The Hall–Kier alpha value is -6.42. The van der Waals surface area contributed by atoms with Gasteiger partial charge in [0.2, 0.25) is 0 Å². The van der Waals surface area contributed by atoms with E-state index in [4.69, 9.17) is 28.4 Å². The first-order valence-electron chi connectivity index (χ1n) is 16.2. The number of carbonyl (C=O) groups is 4. The van der Waals surface area contributed by atoms with Crippen LogP contribution in [0.5, 0.6) is 23.0 Å². The van der Waals surface area contributed by atoms with Gasteiger partial charge in [0.15, 0.2) is 0 Å². The van der Waals surface area contributed by atoms with Crippen LogP contribution < -0.4 is 18.9 Å². The van der Waals surface area contributed by atoms with E-state index in [0.717, 1.165) is 33.7 Å². The first-order valence-corrected chi connectivity index (χ1v) is 16.2. The molecule has 0 fully saturated rings. The van der Waals surface area contributed by atoms with Crippen molar-refractivity contribution in [3.63, 3.8) is 0 Å². The topological polar surface area (TPSA) is 124 Å². The molecule has 0 bridgehead atoms. The lowest BCUT2D eigenvalue weighted by Crippen LogP contribution is -2.10. The molecule has 5 aromatic rings. The first kappa shape index (κ1) is 35.9. The van der Waals surface area contributed by atoms with Gasteiger partial charge in [-0.05, 0) is 101 Å². The van der Waals surface area contributed by atoms with Crippen LogP contribution in [0.2, 0.25) is 0 Å². The van der Waals surface area contributed by atoms with Crippen LogP contribution >= 0.6 is 0 Å². The third-order valence-electron chi connectivity index (χ3n) is 7.59. The van der Waals surface area contributed by atoms with Crippen LogP contribution in [0.25, 0.3) is 21.5 Å². The first-order chi connectivity index (χ1) is 24.7. The number of carbonyl (C=O) groups excluding carboxylic acids is 4. The maximum atomic E-state index is 13.0. The fourth-order valence-electron chi connectivity index (χ4n) is 4.97. The molecule has 0 aliphatic carbocycles. The summed E-state index contributed by atoms with van der Waals surface area (Å²) in [6.07, 6.45) is 3.31. The molecule has 0 heterocycles. The molecule has 0 N–H and O–H groups in total. The van der Waals surface area contributed by atoms with Crippen molar-refractivity contribution in [2.75, 3.05) is 26.4 Å². The number of esters is 4. The number of hydrogen-bond donors (Lipinski definition) is 0. The maximum absolute atomic E-state index is 13.0. The molecule has 10 nitrogen and oxygen atoms in total. The Labute approximate surface area is 294 Å². The predicted octanol–water partition coefficient (Wildman–Crippen LogP) is 7.74. The number of ether oxygens (including phenoxy) is 6. The summed E-state index contributed by atoms with van der Waals surface area (Å²) in [6, 6.07) is 26.3. The minimum Gasteiger partial charge on any atom is -0.493 e. The Balaban J connectivity index is 1.13. The fourth-order valence-corrected chi connectivity index (χ4v) is 4.97. The van der Waals surface area contributed by atoms with Gasteiger partial charge in [0.1, 0.15) is 23.0 Å². The molecule has 0 spiro atoms. The Kier molecular flexibility index (Phi) is 12.2. The molecule has 0 aliphatic rings. The van der Waals surface area contributed by atoms with E-state index in [1.807, 2.05) is 36.4 Å². The summed E-state index contributed by atoms with van der Waals surface area (Å²) in [5.74, 6) is -0.0414. The molecular weight excluding hydrogens is 652 g/mol. The normalized spacial score (nSPS) is 10.6. The van der Waals surface area contributed by atoms with Crippen LogP contribution in [-0.2, 0) is 19.1 Å². The Morgan fingerprint density at radius 3 is 1.47 bits per heavy atom. The Morgan fingerprint density at radius 1 is 0.529 bits per heavy atom. The van der Waals surface area contributed by atoms with Crippen molar-refractivity contribution >= 4 is 45.4 Å². The average Bonchev–Trinajstić information content (AvgIpc) is 3.14. The van der Waals surface area contributed by atoms with Gasteiger partial charge in [-0.3, -0.25) is 0 Å². The molecule has 0 aromatic heterocycles. The van der Waals surface area contributed by atoms with Crippen LogP contribution in [0, 0.1) is 6.92 Å². The van der Waals surface area contributed by atoms with Gasteiger partial charge in [-0.2, -0.15) is 0 Å². The van der Waals surface area contributed by atoms with E-state index in [1.165, 1.54) is 0 Å². The second kappa shape index (κ2) is 17.3. The van der Waals surface area contributed by atoms with Crippen molar-refractivity contribution in [1.29, 1.82) is 0 Å². The van der Waals surface area contributed by atoms with E-state index in [0.29, 0.717) is 65.7 Å². The van der Waals surface area contributed by atoms with Crippen LogP contribution in [0.3, 0.4) is 0 Å². The van der Waals surface area contributed by atoms with E-state index in [9.17, 15) is 19.2 Å². The second-order valence-corrected chi connectivity index (χ2v) is 11.3. The highest BCUT2D eigenvalue weighted by molar-refractivity contribution is 5.98. The SMILES string of the molecule is C=CC(=O)OCCCOc1ccc2cc(C(=O)Oc3ccc(OC(=O)c4ccc5cc(OCCCOC(=O)C=C)ccc5c4)c(C)c3)ccc2c1. The lowest BCUT2D eigenvalue weighted by atomic mass is 10.1. The zero-order valence-electron chi connectivity index (χ0n) is 28.1. The summed E-state index contributed by atoms with van der Waals surface area (Å²) >= 11 is 0. The van der Waals surface area contributed by atoms with Gasteiger partial charge in [0.05, 0.1) is 37.6 Å². The van der Waals surface area contributed by atoms with Crippen molar-refractivity contribution in [1.82, 2.24) is 0 Å². The quantitative estimate of drug-likeness (QED) is 0.0440. The molecule has 260 valence electrons. The monoisotopic (exact) mass is 688 g/mol. The number of fused-ring (bicyclic) bond motifs is 2. The predicted molar refractivity (Wildman–Crippen MR) is 192 cm³/mol. The van der Waals surface area contributed by atoms with Gasteiger partial charge < -0.3 is 28.4 Å². The minimum atomic E-state index is -0.533. The molecule has 0 aliphatic heterocycles. The fraction of sp³-hybridized carbons (Fsp3) is 0.171. The largest absolute Gasteiger partial charge is 0.493 e. The lowest BCUT2D eigenvalue weighted by molar-refractivity contribution is -0.138. The Morgan fingerprint density at radius 2 is 0.980 bits per heavy atom. The van der Waals surface area contributed by atoms with Crippen molar-refractivity contribution in [3.8, 4) is 23.0 Å². The number of benzene rings is 5. The maximum Gasteiger partial charge on any atom is 0.343 e. The third kappa shape index (κ3) is 10.1. The highest BCUT2D eigenvalue weighted by Crippen LogP contribution is 2.28. The van der Waals surface area contributed by atoms with Gasteiger partial charge in [0.25, 0.3) is 0 Å². The van der Waals surface area contributed by atoms with Crippen LogP contribution in [-0.4, -0.2) is 50.3 Å². The molecule has 5 aromatic carbocycles. The van der Waals surface area contributed by atoms with Crippen molar-refractivity contribution in [2.24, 2.45) is 0 Å². The number of aryl methyl sites for hydroxylation is 1. The summed E-state index contributed by atoms with van der Waals surface area (Å²) in [5, 5.41) is 3.43. The van der Waals surface area contributed by atoms with Gasteiger partial charge in [-0.25, -0.2) is 19.2 Å². The molecule has 51 heavy (non-hydrogen) atoms. The Bertz CT molecular complexity index is 2100. The lowest BCUT2D eigenvalue weighted by Gasteiger charge is -2.11. The van der Waals surface area contributed by atoms with Crippen LogP contribution in [0.1, 0.15) is 39.1 Å². The summed E-state index contributed by atoms with van der Waals surface area (Å²) in [5.41, 5.74) is 1.35. The molecule has 0 atom stereocenters. The highest BCUT2D eigenvalue weighted by atomic mass is 16.5. The van der Waals surface area contributed by atoms with E-state index < -0.39 is 23.9 Å². The number of rotatable bonds is 16. The molecule has 0 amide bonds. The van der Waals surface area contributed by atoms with E-state index >= 15 is 0 Å². The molecule has 0 saturated heterocycles.